The normalized spacial score (nSPS) is 11.2. The molecule has 3 aromatic rings. The van der Waals surface area contributed by atoms with Gasteiger partial charge in [-0.15, -0.1) is 0 Å². The lowest BCUT2D eigenvalue weighted by Crippen LogP contribution is -1.95. The molecule has 3 heteroatoms. The summed E-state index contributed by atoms with van der Waals surface area (Å²) in [6.45, 7) is 5.58. The zero-order chi connectivity index (χ0) is 18.2. The Kier molecular flexibility index (Phi) is 6.26. The summed E-state index contributed by atoms with van der Waals surface area (Å²) < 4.78 is 11.4. The highest BCUT2D eigenvalue weighted by atomic mass is 16.5. The largest absolute Gasteiger partial charge is 0.494 e. The van der Waals surface area contributed by atoms with Crippen LogP contribution < -0.4 is 9.47 Å². The van der Waals surface area contributed by atoms with Gasteiger partial charge in [-0.2, -0.15) is 0 Å². The summed E-state index contributed by atoms with van der Waals surface area (Å²) in [5, 5.41) is 2.25. The van der Waals surface area contributed by atoms with Gasteiger partial charge in [-0.25, -0.2) is 0 Å². The van der Waals surface area contributed by atoms with E-state index >= 15 is 0 Å². The smallest absolute Gasteiger partial charge is 0.127 e. The molecule has 0 aliphatic heterocycles. The van der Waals surface area contributed by atoms with E-state index in [4.69, 9.17) is 9.47 Å². The summed E-state index contributed by atoms with van der Waals surface area (Å²) in [5.74, 6) is 1.80. The molecule has 26 heavy (non-hydrogen) atoms. The molecule has 0 fully saturated rings. The first-order chi connectivity index (χ1) is 12.8. The first-order valence-corrected chi connectivity index (χ1v) is 9.23. The van der Waals surface area contributed by atoms with Crippen LogP contribution in [-0.2, 0) is 0 Å². The van der Waals surface area contributed by atoms with Crippen LogP contribution in [0.5, 0.6) is 11.5 Å². The average Bonchev–Trinajstić information content (AvgIpc) is 2.69. The van der Waals surface area contributed by atoms with E-state index in [9.17, 15) is 0 Å². The Bertz CT molecular complexity index is 869. The average molecular weight is 347 g/mol. The Morgan fingerprint density at radius 3 is 2.35 bits per heavy atom. The van der Waals surface area contributed by atoms with E-state index in [1.54, 1.807) is 0 Å². The van der Waals surface area contributed by atoms with Crippen LogP contribution in [0.2, 0.25) is 0 Å². The molecule has 3 rings (SSSR count). The minimum atomic E-state index is 0.657. The van der Waals surface area contributed by atoms with Crippen molar-refractivity contribution in [2.45, 2.75) is 26.7 Å². The minimum absolute atomic E-state index is 0.657. The third kappa shape index (κ3) is 4.42. The minimum Gasteiger partial charge on any atom is -0.494 e. The molecule has 0 saturated carbocycles. The third-order valence-electron chi connectivity index (χ3n) is 4.17. The van der Waals surface area contributed by atoms with Crippen molar-refractivity contribution in [1.29, 1.82) is 0 Å². The molecule has 0 atom stereocenters. The number of nitrogens with zero attached hydrogens (tertiary/aromatic N) is 1. The third-order valence-corrected chi connectivity index (χ3v) is 4.17. The number of rotatable bonds is 8. The monoisotopic (exact) mass is 347 g/mol. The van der Waals surface area contributed by atoms with Gasteiger partial charge >= 0.3 is 0 Å². The molecular weight excluding hydrogens is 322 g/mol. The zero-order valence-corrected chi connectivity index (χ0v) is 15.4. The lowest BCUT2D eigenvalue weighted by Gasteiger charge is -2.09. The summed E-state index contributed by atoms with van der Waals surface area (Å²) in [6, 6.07) is 20.2. The number of benzene rings is 3. The van der Waals surface area contributed by atoms with Gasteiger partial charge in [-0.1, -0.05) is 37.6 Å². The summed E-state index contributed by atoms with van der Waals surface area (Å²) in [6.07, 6.45) is 4.12. The maximum absolute atomic E-state index is 5.73. The number of ether oxygens (including phenoxy) is 2. The van der Waals surface area contributed by atoms with Gasteiger partial charge in [-0.05, 0) is 55.1 Å². The molecule has 3 nitrogen and oxygen atoms in total. The predicted molar refractivity (Wildman–Crippen MR) is 109 cm³/mol. The molecule has 134 valence electrons. The molecule has 0 unspecified atom stereocenters. The van der Waals surface area contributed by atoms with Gasteiger partial charge in [0, 0.05) is 17.2 Å². The van der Waals surface area contributed by atoms with E-state index in [0.29, 0.717) is 6.61 Å². The van der Waals surface area contributed by atoms with Crippen LogP contribution in [0.15, 0.2) is 65.7 Å². The summed E-state index contributed by atoms with van der Waals surface area (Å²) in [7, 11) is 0. The van der Waals surface area contributed by atoms with E-state index < -0.39 is 0 Å². The van der Waals surface area contributed by atoms with E-state index in [1.807, 2.05) is 55.6 Å². The van der Waals surface area contributed by atoms with Crippen molar-refractivity contribution >= 4 is 22.7 Å². The predicted octanol–water partition coefficient (Wildman–Crippen LogP) is 6.17. The fourth-order valence-corrected chi connectivity index (χ4v) is 2.80. The maximum atomic E-state index is 5.73. The van der Waals surface area contributed by atoms with Gasteiger partial charge in [0.05, 0.1) is 18.9 Å². The van der Waals surface area contributed by atoms with Gasteiger partial charge in [0.25, 0.3) is 0 Å². The van der Waals surface area contributed by atoms with Gasteiger partial charge in [0.15, 0.2) is 0 Å². The molecular formula is C23H25NO2. The van der Waals surface area contributed by atoms with Crippen molar-refractivity contribution in [3.63, 3.8) is 0 Å². The van der Waals surface area contributed by atoms with Gasteiger partial charge in [0.1, 0.15) is 11.5 Å². The highest BCUT2D eigenvalue weighted by Gasteiger charge is 2.05. The second-order valence-corrected chi connectivity index (χ2v) is 6.09. The van der Waals surface area contributed by atoms with Crippen molar-refractivity contribution in [2.24, 2.45) is 4.99 Å². The number of hydrogen-bond acceptors (Lipinski definition) is 3. The standard InChI is InChI=1S/C23H25NO2/c1-3-5-16-26-20-13-11-19(12-14-20)24-17-18-10-15-23(25-4-2)22-9-7-6-8-21(18)22/h6-15,17H,3-5,16H2,1-2H3. The Balaban J connectivity index is 1.79. The fraction of sp³-hybridized carbons (Fsp3) is 0.261. The van der Waals surface area contributed by atoms with Crippen LogP contribution in [0.25, 0.3) is 10.8 Å². The van der Waals surface area contributed by atoms with Crippen molar-refractivity contribution in [1.82, 2.24) is 0 Å². The highest BCUT2D eigenvalue weighted by Crippen LogP contribution is 2.28. The SMILES string of the molecule is CCCCOc1ccc(N=Cc2ccc(OCC)c3ccccc23)cc1. The second kappa shape index (κ2) is 9.04. The van der Waals surface area contributed by atoms with Crippen molar-refractivity contribution in [3.8, 4) is 11.5 Å². The number of fused-ring (bicyclic) bond motifs is 1. The molecule has 0 amide bonds. The first-order valence-electron chi connectivity index (χ1n) is 9.23. The van der Waals surface area contributed by atoms with Gasteiger partial charge in [0.2, 0.25) is 0 Å². The van der Waals surface area contributed by atoms with Crippen molar-refractivity contribution in [3.05, 3.63) is 66.2 Å². The van der Waals surface area contributed by atoms with Crippen LogP contribution in [-0.4, -0.2) is 19.4 Å². The van der Waals surface area contributed by atoms with Gasteiger partial charge < -0.3 is 9.47 Å². The molecule has 0 saturated heterocycles. The molecule has 0 N–H and O–H groups in total. The molecule has 0 spiro atoms. The Morgan fingerprint density at radius 2 is 1.62 bits per heavy atom. The molecule has 3 aromatic carbocycles. The van der Waals surface area contributed by atoms with Crippen LogP contribution in [0.4, 0.5) is 5.69 Å². The second-order valence-electron chi connectivity index (χ2n) is 6.09. The van der Waals surface area contributed by atoms with Crippen LogP contribution in [0.1, 0.15) is 32.3 Å². The number of hydrogen-bond donors (Lipinski definition) is 0. The van der Waals surface area contributed by atoms with Crippen molar-refractivity contribution in [2.75, 3.05) is 13.2 Å². The van der Waals surface area contributed by atoms with Crippen LogP contribution >= 0.6 is 0 Å². The maximum Gasteiger partial charge on any atom is 0.127 e. The molecule has 0 bridgehead atoms. The Labute approximate surface area is 155 Å². The van der Waals surface area contributed by atoms with Crippen LogP contribution in [0, 0.1) is 0 Å². The summed E-state index contributed by atoms with van der Waals surface area (Å²) >= 11 is 0. The van der Waals surface area contributed by atoms with E-state index in [2.05, 4.69) is 30.1 Å². The molecule has 0 heterocycles. The molecule has 0 aromatic heterocycles. The Hall–Kier alpha value is -2.81. The quantitative estimate of drug-likeness (QED) is 0.360. The van der Waals surface area contributed by atoms with Crippen molar-refractivity contribution < 1.29 is 9.47 Å². The van der Waals surface area contributed by atoms with E-state index in [1.165, 1.54) is 0 Å². The lowest BCUT2D eigenvalue weighted by atomic mass is 10.0. The van der Waals surface area contributed by atoms with E-state index in [-0.39, 0.29) is 0 Å². The van der Waals surface area contributed by atoms with Crippen LogP contribution in [0.3, 0.4) is 0 Å². The fourth-order valence-electron chi connectivity index (χ4n) is 2.80. The Morgan fingerprint density at radius 1 is 0.846 bits per heavy atom. The topological polar surface area (TPSA) is 30.8 Å². The number of aliphatic imine (C=N–C) groups is 1. The first kappa shape index (κ1) is 18.0. The zero-order valence-electron chi connectivity index (χ0n) is 15.4. The molecule has 0 radical (unpaired) electrons. The summed E-state index contributed by atoms with van der Waals surface area (Å²) in [5.41, 5.74) is 1.98. The molecule has 0 aliphatic rings. The number of unbranched alkanes of at least 4 members (excludes halogenated alkanes) is 1. The highest BCUT2D eigenvalue weighted by molar-refractivity contribution is 6.02. The summed E-state index contributed by atoms with van der Waals surface area (Å²) in [4.78, 5) is 4.62. The molecule has 0 aliphatic carbocycles. The van der Waals surface area contributed by atoms with Gasteiger partial charge in [-0.3, -0.25) is 4.99 Å². The lowest BCUT2D eigenvalue weighted by molar-refractivity contribution is 0.309. The van der Waals surface area contributed by atoms with E-state index in [0.717, 1.165) is 53.0 Å².